The zero-order chi connectivity index (χ0) is 14.7. The van der Waals surface area contributed by atoms with Gasteiger partial charge < -0.3 is 15.0 Å². The Morgan fingerprint density at radius 1 is 1.52 bits per heavy atom. The second-order valence-electron chi connectivity index (χ2n) is 6.14. The summed E-state index contributed by atoms with van der Waals surface area (Å²) in [4.78, 5) is 16.7. The first-order valence-corrected chi connectivity index (χ1v) is 8.69. The van der Waals surface area contributed by atoms with Crippen molar-refractivity contribution in [3.05, 3.63) is 22.4 Å². The number of nitrogens with zero attached hydrogens (tertiary/aromatic N) is 1. The number of nitrogens with one attached hydrogen (secondary N) is 1. The molecule has 2 saturated heterocycles. The van der Waals surface area contributed by atoms with Crippen molar-refractivity contribution in [2.24, 2.45) is 5.41 Å². The van der Waals surface area contributed by atoms with E-state index in [0.717, 1.165) is 45.3 Å². The van der Waals surface area contributed by atoms with Crippen LogP contribution in [0.5, 0.6) is 0 Å². The number of amides is 1. The van der Waals surface area contributed by atoms with Gasteiger partial charge in [-0.15, -0.1) is 11.3 Å². The van der Waals surface area contributed by atoms with Gasteiger partial charge in [0, 0.05) is 18.5 Å². The van der Waals surface area contributed by atoms with E-state index in [1.54, 1.807) is 18.4 Å². The molecule has 1 atom stereocenters. The molecule has 0 radical (unpaired) electrons. The highest BCUT2D eigenvalue weighted by Gasteiger charge is 2.45. The van der Waals surface area contributed by atoms with Gasteiger partial charge in [-0.25, -0.2) is 0 Å². The Morgan fingerprint density at radius 2 is 2.33 bits per heavy atom. The van der Waals surface area contributed by atoms with E-state index in [-0.39, 0.29) is 11.5 Å². The lowest BCUT2D eigenvalue weighted by Crippen LogP contribution is -2.51. The number of carbonyl (C=O) groups is 1. The SMILES string of the molecule is COCC1(C(=O)N2CCCC2c2cccs2)CCNCC1. The van der Waals surface area contributed by atoms with Crippen LogP contribution >= 0.6 is 11.3 Å². The van der Waals surface area contributed by atoms with E-state index < -0.39 is 0 Å². The molecule has 1 N–H and O–H groups in total. The Hall–Kier alpha value is -0.910. The van der Waals surface area contributed by atoms with Crippen LogP contribution in [0.15, 0.2) is 17.5 Å². The van der Waals surface area contributed by atoms with Crippen molar-refractivity contribution >= 4 is 17.2 Å². The number of thiophene rings is 1. The van der Waals surface area contributed by atoms with Crippen molar-refractivity contribution in [3.63, 3.8) is 0 Å². The summed E-state index contributed by atoms with van der Waals surface area (Å²) < 4.78 is 5.42. The molecule has 0 aromatic carbocycles. The van der Waals surface area contributed by atoms with Crippen LogP contribution in [0.3, 0.4) is 0 Å². The summed E-state index contributed by atoms with van der Waals surface area (Å²) in [6.07, 6.45) is 3.96. The first-order valence-electron chi connectivity index (χ1n) is 7.81. The summed E-state index contributed by atoms with van der Waals surface area (Å²) in [5.41, 5.74) is -0.320. The van der Waals surface area contributed by atoms with E-state index in [0.29, 0.717) is 12.5 Å². The minimum absolute atomic E-state index is 0.279. The summed E-state index contributed by atoms with van der Waals surface area (Å²) in [7, 11) is 1.71. The molecular weight excluding hydrogens is 284 g/mol. The fourth-order valence-electron chi connectivity index (χ4n) is 3.69. The Morgan fingerprint density at radius 3 is 3.00 bits per heavy atom. The molecule has 0 bridgehead atoms. The molecule has 4 nitrogen and oxygen atoms in total. The maximum atomic E-state index is 13.2. The lowest BCUT2D eigenvalue weighted by molar-refractivity contribution is -0.148. The van der Waals surface area contributed by atoms with Crippen LogP contribution in [0.2, 0.25) is 0 Å². The summed E-state index contributed by atoms with van der Waals surface area (Å²) in [5.74, 6) is 0.307. The number of ether oxygens (including phenoxy) is 1. The third-order valence-electron chi connectivity index (χ3n) is 4.82. The molecule has 0 aliphatic carbocycles. The Balaban J connectivity index is 1.81. The van der Waals surface area contributed by atoms with Crippen LogP contribution in [0.4, 0.5) is 0 Å². The standard InChI is InChI=1S/C16H24N2O2S/c1-20-12-16(6-8-17-9-7-16)15(19)18-10-2-4-13(18)14-5-3-11-21-14/h3,5,11,13,17H,2,4,6-10,12H2,1H3. The fourth-order valence-corrected chi connectivity index (χ4v) is 4.57. The van der Waals surface area contributed by atoms with Gasteiger partial charge in [-0.05, 0) is 50.2 Å². The van der Waals surface area contributed by atoms with Crippen molar-refractivity contribution in [1.82, 2.24) is 10.2 Å². The topological polar surface area (TPSA) is 41.6 Å². The quantitative estimate of drug-likeness (QED) is 0.929. The zero-order valence-electron chi connectivity index (χ0n) is 12.6. The van der Waals surface area contributed by atoms with E-state index in [1.807, 2.05) is 0 Å². The second kappa shape index (κ2) is 6.46. The molecule has 1 aromatic rings. The first kappa shape index (κ1) is 15.0. The lowest BCUT2D eigenvalue weighted by atomic mass is 9.78. The van der Waals surface area contributed by atoms with Gasteiger partial charge in [-0.1, -0.05) is 6.07 Å². The van der Waals surface area contributed by atoms with Crippen molar-refractivity contribution in [2.45, 2.75) is 31.7 Å². The van der Waals surface area contributed by atoms with Crippen LogP contribution in [-0.4, -0.2) is 44.2 Å². The Labute approximate surface area is 130 Å². The molecule has 116 valence electrons. The monoisotopic (exact) mass is 308 g/mol. The fraction of sp³-hybridized carbons (Fsp3) is 0.688. The highest BCUT2D eigenvalue weighted by molar-refractivity contribution is 7.10. The Bertz CT molecular complexity index is 463. The number of hydrogen-bond donors (Lipinski definition) is 1. The molecule has 3 heterocycles. The lowest BCUT2D eigenvalue weighted by Gasteiger charge is -2.40. The van der Waals surface area contributed by atoms with Gasteiger partial charge in [-0.3, -0.25) is 4.79 Å². The molecule has 5 heteroatoms. The number of carbonyl (C=O) groups excluding carboxylic acids is 1. The molecule has 0 saturated carbocycles. The highest BCUT2D eigenvalue weighted by Crippen LogP contribution is 2.40. The summed E-state index contributed by atoms with van der Waals surface area (Å²) in [6, 6.07) is 4.52. The predicted octanol–water partition coefficient (Wildman–Crippen LogP) is 2.43. The summed E-state index contributed by atoms with van der Waals surface area (Å²) in [5, 5.41) is 5.46. The molecule has 2 aliphatic rings. The molecule has 2 aliphatic heterocycles. The molecule has 0 spiro atoms. The van der Waals surface area contributed by atoms with E-state index in [4.69, 9.17) is 4.74 Å². The van der Waals surface area contributed by atoms with E-state index >= 15 is 0 Å². The van der Waals surface area contributed by atoms with E-state index in [9.17, 15) is 4.79 Å². The van der Waals surface area contributed by atoms with E-state index in [2.05, 4.69) is 27.7 Å². The average molecular weight is 308 g/mol. The van der Waals surface area contributed by atoms with Gasteiger partial charge in [-0.2, -0.15) is 0 Å². The normalized spacial score (nSPS) is 25.2. The minimum Gasteiger partial charge on any atom is -0.384 e. The molecular formula is C16H24N2O2S. The third kappa shape index (κ3) is 2.87. The van der Waals surface area contributed by atoms with E-state index in [1.165, 1.54) is 4.88 Å². The second-order valence-corrected chi connectivity index (χ2v) is 7.11. The van der Waals surface area contributed by atoms with Gasteiger partial charge in [0.25, 0.3) is 0 Å². The average Bonchev–Trinajstić information content (AvgIpc) is 3.18. The summed E-state index contributed by atoms with van der Waals surface area (Å²) in [6.45, 7) is 3.25. The predicted molar refractivity (Wildman–Crippen MR) is 84.4 cm³/mol. The minimum atomic E-state index is -0.320. The highest BCUT2D eigenvalue weighted by atomic mass is 32.1. The molecule has 1 amide bonds. The van der Waals surface area contributed by atoms with Crippen LogP contribution in [-0.2, 0) is 9.53 Å². The number of hydrogen-bond acceptors (Lipinski definition) is 4. The number of likely N-dealkylation sites (tertiary alicyclic amines) is 1. The van der Waals surface area contributed by atoms with Crippen molar-refractivity contribution < 1.29 is 9.53 Å². The zero-order valence-corrected chi connectivity index (χ0v) is 13.5. The molecule has 21 heavy (non-hydrogen) atoms. The van der Waals surface area contributed by atoms with Crippen molar-refractivity contribution in [2.75, 3.05) is 33.4 Å². The first-order chi connectivity index (χ1) is 10.3. The third-order valence-corrected chi connectivity index (χ3v) is 5.79. The maximum absolute atomic E-state index is 13.2. The van der Waals surface area contributed by atoms with Crippen molar-refractivity contribution in [1.29, 1.82) is 0 Å². The van der Waals surface area contributed by atoms with Gasteiger partial charge in [0.15, 0.2) is 0 Å². The molecule has 2 fully saturated rings. The van der Waals surface area contributed by atoms with Crippen LogP contribution in [0, 0.1) is 5.41 Å². The molecule has 3 rings (SSSR count). The van der Waals surface area contributed by atoms with Crippen LogP contribution in [0.1, 0.15) is 36.6 Å². The molecule has 1 aromatic heterocycles. The van der Waals surface area contributed by atoms with Gasteiger partial charge in [0.2, 0.25) is 5.91 Å². The smallest absolute Gasteiger partial charge is 0.231 e. The van der Waals surface area contributed by atoms with Crippen molar-refractivity contribution in [3.8, 4) is 0 Å². The van der Waals surface area contributed by atoms with Crippen LogP contribution in [0.25, 0.3) is 0 Å². The number of piperidine rings is 1. The maximum Gasteiger partial charge on any atom is 0.231 e. The van der Waals surface area contributed by atoms with Gasteiger partial charge >= 0.3 is 0 Å². The van der Waals surface area contributed by atoms with Gasteiger partial charge in [0.1, 0.15) is 0 Å². The number of rotatable bonds is 4. The Kier molecular flexibility index (Phi) is 4.62. The number of methoxy groups -OCH3 is 1. The van der Waals surface area contributed by atoms with Gasteiger partial charge in [0.05, 0.1) is 18.1 Å². The molecule has 1 unspecified atom stereocenters. The largest absolute Gasteiger partial charge is 0.384 e. The summed E-state index contributed by atoms with van der Waals surface area (Å²) >= 11 is 1.76. The van der Waals surface area contributed by atoms with Crippen LogP contribution < -0.4 is 5.32 Å².